The monoisotopic (exact) mass is 433 g/mol. The van der Waals surface area contributed by atoms with Gasteiger partial charge in [-0.05, 0) is 57.4 Å². The number of thiazole rings is 1. The molecular weight excluding hydrogens is 406 g/mol. The van der Waals surface area contributed by atoms with Crippen molar-refractivity contribution in [1.29, 1.82) is 0 Å². The number of methoxy groups -OCH3 is 1. The van der Waals surface area contributed by atoms with Crippen molar-refractivity contribution in [2.45, 2.75) is 51.7 Å². The number of amides is 2. The number of benzene rings is 1. The Morgan fingerprint density at radius 1 is 1.37 bits per heavy atom. The predicted octanol–water partition coefficient (Wildman–Crippen LogP) is 3.89. The van der Waals surface area contributed by atoms with Gasteiger partial charge >= 0.3 is 6.09 Å². The van der Waals surface area contributed by atoms with E-state index in [-0.39, 0.29) is 18.1 Å². The SMILES string of the molecule is COc1cc2c(cc1O)C(C)(CC(=O)Nc1nccs1)N(C(=O)OC(C)(C)C)CC2. The van der Waals surface area contributed by atoms with Crippen LogP contribution in [0.4, 0.5) is 9.93 Å². The van der Waals surface area contributed by atoms with Crippen LogP contribution in [0.5, 0.6) is 11.5 Å². The Bertz CT molecular complexity index is 939. The maximum atomic E-state index is 13.0. The Kier molecular flexibility index (Phi) is 5.94. The molecule has 30 heavy (non-hydrogen) atoms. The molecule has 0 bridgehead atoms. The molecule has 2 N–H and O–H groups in total. The number of aromatic nitrogens is 1. The molecule has 0 radical (unpaired) electrons. The fourth-order valence-electron chi connectivity index (χ4n) is 3.67. The molecule has 1 aromatic carbocycles. The van der Waals surface area contributed by atoms with Crippen LogP contribution in [0.15, 0.2) is 23.7 Å². The zero-order valence-electron chi connectivity index (χ0n) is 17.8. The number of phenols is 1. The molecule has 1 aliphatic heterocycles. The lowest BCUT2D eigenvalue weighted by Gasteiger charge is -2.46. The predicted molar refractivity (Wildman–Crippen MR) is 114 cm³/mol. The Morgan fingerprint density at radius 2 is 2.10 bits per heavy atom. The Labute approximate surface area is 179 Å². The molecule has 0 fully saturated rings. The van der Waals surface area contributed by atoms with Crippen LogP contribution < -0.4 is 10.1 Å². The van der Waals surface area contributed by atoms with Crippen LogP contribution in [0.2, 0.25) is 0 Å². The van der Waals surface area contributed by atoms with Crippen molar-refractivity contribution >= 4 is 28.5 Å². The first-order valence-electron chi connectivity index (χ1n) is 9.64. The van der Waals surface area contributed by atoms with E-state index >= 15 is 0 Å². The van der Waals surface area contributed by atoms with Crippen molar-refractivity contribution in [2.75, 3.05) is 19.0 Å². The number of aromatic hydroxyl groups is 1. The second-order valence-corrected chi connectivity index (χ2v) is 9.29. The van der Waals surface area contributed by atoms with Gasteiger partial charge in [-0.3, -0.25) is 9.69 Å². The number of carbonyl (C=O) groups excluding carboxylic acids is 2. The maximum absolute atomic E-state index is 13.0. The van der Waals surface area contributed by atoms with E-state index in [1.807, 2.05) is 6.92 Å². The molecule has 0 aliphatic carbocycles. The summed E-state index contributed by atoms with van der Waals surface area (Å²) in [6.45, 7) is 7.57. The van der Waals surface area contributed by atoms with Gasteiger partial charge in [-0.15, -0.1) is 11.3 Å². The van der Waals surface area contributed by atoms with Crippen molar-refractivity contribution < 1.29 is 24.2 Å². The molecule has 1 aromatic heterocycles. The van der Waals surface area contributed by atoms with Crippen molar-refractivity contribution in [3.8, 4) is 11.5 Å². The normalized spacial score (nSPS) is 18.5. The summed E-state index contributed by atoms with van der Waals surface area (Å²) in [4.78, 5) is 31.5. The smallest absolute Gasteiger partial charge is 0.411 e. The van der Waals surface area contributed by atoms with E-state index in [2.05, 4.69) is 10.3 Å². The largest absolute Gasteiger partial charge is 0.504 e. The summed E-state index contributed by atoms with van der Waals surface area (Å²) in [5.74, 6) is 0.0204. The second kappa shape index (κ2) is 8.14. The van der Waals surface area contributed by atoms with E-state index in [0.29, 0.717) is 29.4 Å². The highest BCUT2D eigenvalue weighted by molar-refractivity contribution is 7.13. The number of nitrogens with zero attached hydrogens (tertiary/aromatic N) is 2. The number of hydrogen-bond acceptors (Lipinski definition) is 7. The average Bonchev–Trinajstić information content (AvgIpc) is 3.13. The number of ether oxygens (including phenoxy) is 2. The topological polar surface area (TPSA) is 101 Å². The second-order valence-electron chi connectivity index (χ2n) is 8.40. The summed E-state index contributed by atoms with van der Waals surface area (Å²) in [6, 6.07) is 3.33. The van der Waals surface area contributed by atoms with E-state index < -0.39 is 17.2 Å². The van der Waals surface area contributed by atoms with E-state index in [0.717, 1.165) is 5.56 Å². The highest BCUT2D eigenvalue weighted by atomic mass is 32.1. The first kappa shape index (κ1) is 21.9. The van der Waals surface area contributed by atoms with Gasteiger partial charge in [0.1, 0.15) is 5.60 Å². The molecule has 1 atom stereocenters. The number of anilines is 1. The first-order valence-corrected chi connectivity index (χ1v) is 10.5. The summed E-state index contributed by atoms with van der Waals surface area (Å²) in [7, 11) is 1.48. The van der Waals surface area contributed by atoms with Gasteiger partial charge in [0, 0.05) is 18.1 Å². The number of phenolic OH excluding ortho intramolecular Hbond substituents is 1. The first-order chi connectivity index (χ1) is 14.0. The fourth-order valence-corrected chi connectivity index (χ4v) is 4.21. The molecule has 162 valence electrons. The van der Waals surface area contributed by atoms with E-state index in [4.69, 9.17) is 9.47 Å². The zero-order chi connectivity index (χ0) is 22.1. The molecule has 1 unspecified atom stereocenters. The molecule has 0 spiro atoms. The lowest BCUT2D eigenvalue weighted by molar-refractivity contribution is -0.119. The quantitative estimate of drug-likeness (QED) is 0.759. The van der Waals surface area contributed by atoms with Gasteiger partial charge in [0.25, 0.3) is 0 Å². The maximum Gasteiger partial charge on any atom is 0.411 e. The Hall–Kier alpha value is -2.81. The van der Waals surface area contributed by atoms with Crippen LogP contribution in [0, 0.1) is 0 Å². The summed E-state index contributed by atoms with van der Waals surface area (Å²) in [5.41, 5.74) is -0.106. The zero-order valence-corrected chi connectivity index (χ0v) is 18.6. The third-order valence-electron chi connectivity index (χ3n) is 4.98. The van der Waals surface area contributed by atoms with Gasteiger partial charge in [-0.1, -0.05) is 0 Å². The van der Waals surface area contributed by atoms with Crippen LogP contribution in [-0.4, -0.2) is 46.2 Å². The Balaban J connectivity index is 2.00. The number of carbonyl (C=O) groups is 2. The van der Waals surface area contributed by atoms with Gasteiger partial charge in [0.15, 0.2) is 16.6 Å². The van der Waals surface area contributed by atoms with E-state index in [1.165, 1.54) is 18.4 Å². The average molecular weight is 434 g/mol. The van der Waals surface area contributed by atoms with E-state index in [1.54, 1.807) is 49.4 Å². The lowest BCUT2D eigenvalue weighted by atomic mass is 9.79. The third-order valence-corrected chi connectivity index (χ3v) is 5.67. The summed E-state index contributed by atoms with van der Waals surface area (Å²) < 4.78 is 10.8. The molecule has 9 heteroatoms. The fraction of sp³-hybridized carbons (Fsp3) is 0.476. The molecular formula is C21H27N3O5S. The minimum absolute atomic E-state index is 0.0232. The highest BCUT2D eigenvalue weighted by Crippen LogP contribution is 2.43. The van der Waals surface area contributed by atoms with Crippen LogP contribution >= 0.6 is 11.3 Å². The van der Waals surface area contributed by atoms with Gasteiger partial charge in [0.05, 0.1) is 19.1 Å². The molecule has 0 saturated heterocycles. The Morgan fingerprint density at radius 3 is 2.70 bits per heavy atom. The molecule has 3 rings (SSSR count). The van der Waals surface area contributed by atoms with Crippen molar-refractivity contribution in [3.05, 3.63) is 34.8 Å². The van der Waals surface area contributed by atoms with Crippen molar-refractivity contribution in [3.63, 3.8) is 0 Å². The molecule has 8 nitrogen and oxygen atoms in total. The number of fused-ring (bicyclic) bond motifs is 1. The van der Waals surface area contributed by atoms with Crippen LogP contribution in [0.25, 0.3) is 0 Å². The highest BCUT2D eigenvalue weighted by Gasteiger charge is 2.45. The summed E-state index contributed by atoms with van der Waals surface area (Å²) in [5, 5.41) is 15.4. The summed E-state index contributed by atoms with van der Waals surface area (Å²) >= 11 is 1.32. The van der Waals surface area contributed by atoms with E-state index in [9.17, 15) is 14.7 Å². The van der Waals surface area contributed by atoms with Crippen molar-refractivity contribution in [1.82, 2.24) is 9.88 Å². The number of nitrogens with one attached hydrogen (secondary N) is 1. The minimum Gasteiger partial charge on any atom is -0.504 e. The van der Waals surface area contributed by atoms with Crippen LogP contribution in [-0.2, 0) is 21.5 Å². The molecule has 0 saturated carbocycles. The number of hydrogen-bond donors (Lipinski definition) is 2. The standard InChI is InChI=1S/C21H27N3O5S/c1-20(2,3)29-19(27)24-8-6-13-10-16(28-5)15(25)11-14(13)21(24,4)12-17(26)23-18-22-7-9-30-18/h7,9-11,25H,6,8,12H2,1-5H3,(H,22,23,26). The third kappa shape index (κ3) is 4.51. The summed E-state index contributed by atoms with van der Waals surface area (Å²) in [6.07, 6.45) is 1.63. The van der Waals surface area contributed by atoms with Crippen LogP contribution in [0.1, 0.15) is 45.2 Å². The molecule has 2 heterocycles. The number of rotatable bonds is 4. The molecule has 2 amide bonds. The van der Waals surface area contributed by atoms with Crippen molar-refractivity contribution in [2.24, 2.45) is 0 Å². The van der Waals surface area contributed by atoms with Gasteiger partial charge in [-0.2, -0.15) is 0 Å². The molecule has 2 aromatic rings. The lowest BCUT2D eigenvalue weighted by Crippen LogP contribution is -2.54. The van der Waals surface area contributed by atoms with Gasteiger partial charge in [-0.25, -0.2) is 9.78 Å². The van der Waals surface area contributed by atoms with Gasteiger partial charge in [0.2, 0.25) is 5.91 Å². The van der Waals surface area contributed by atoms with Gasteiger partial charge < -0.3 is 19.9 Å². The minimum atomic E-state index is -1.03. The molecule has 1 aliphatic rings. The van der Waals surface area contributed by atoms with Crippen LogP contribution in [0.3, 0.4) is 0 Å².